The molecule has 0 atom stereocenters. The molecular weight excluding hydrogens is 208 g/mol. The van der Waals surface area contributed by atoms with Gasteiger partial charge in [-0.1, -0.05) is 0 Å². The first-order valence-electron chi connectivity index (χ1n) is 7.17. The molecule has 17 heavy (non-hydrogen) atoms. The molecule has 3 N–H and O–H groups in total. The third-order valence-corrected chi connectivity index (χ3v) is 5.66. The summed E-state index contributed by atoms with van der Waals surface area (Å²) in [5, 5.41) is 3.76. The fraction of sp³-hybridized carbons (Fsp3) is 0.867. The molecule has 2 nitrogen and oxygen atoms in total. The standard InChI is InChI=1S/C15H24N2/c1-2-3-4-17-15(10-16)13-6-11-5-12(8-13)9-14(15)7-11/h1,11-14,17H,3-10,16H2. The van der Waals surface area contributed by atoms with Gasteiger partial charge in [-0.25, -0.2) is 0 Å². The van der Waals surface area contributed by atoms with Gasteiger partial charge in [0, 0.05) is 25.0 Å². The summed E-state index contributed by atoms with van der Waals surface area (Å²) < 4.78 is 0. The minimum absolute atomic E-state index is 0.226. The molecule has 0 aromatic carbocycles. The first-order valence-corrected chi connectivity index (χ1v) is 7.17. The molecule has 0 aromatic rings. The number of rotatable bonds is 4. The van der Waals surface area contributed by atoms with Crippen LogP contribution in [0.1, 0.15) is 38.5 Å². The zero-order valence-electron chi connectivity index (χ0n) is 10.6. The zero-order chi connectivity index (χ0) is 11.9. The molecule has 2 heteroatoms. The molecule has 0 saturated heterocycles. The molecule has 4 fully saturated rings. The molecule has 0 heterocycles. The van der Waals surface area contributed by atoms with Crippen molar-refractivity contribution in [2.45, 2.75) is 44.1 Å². The second-order valence-corrected chi connectivity index (χ2v) is 6.43. The van der Waals surface area contributed by atoms with Gasteiger partial charge in [-0.05, 0) is 55.8 Å². The normalized spacial score (nSPS) is 47.1. The third-order valence-electron chi connectivity index (χ3n) is 5.66. The van der Waals surface area contributed by atoms with E-state index in [-0.39, 0.29) is 5.54 Å². The maximum Gasteiger partial charge on any atom is 0.0361 e. The van der Waals surface area contributed by atoms with Crippen molar-refractivity contribution in [2.24, 2.45) is 29.4 Å². The first kappa shape index (κ1) is 11.6. The highest BCUT2D eigenvalue weighted by molar-refractivity contribution is 5.11. The molecule has 0 spiro atoms. The van der Waals surface area contributed by atoms with Crippen LogP contribution in [-0.2, 0) is 0 Å². The van der Waals surface area contributed by atoms with Crippen LogP contribution >= 0.6 is 0 Å². The molecule has 4 aliphatic rings. The lowest BCUT2D eigenvalue weighted by Crippen LogP contribution is -2.68. The van der Waals surface area contributed by atoms with E-state index < -0.39 is 0 Å². The van der Waals surface area contributed by atoms with Crippen molar-refractivity contribution in [3.05, 3.63) is 0 Å². The van der Waals surface area contributed by atoms with E-state index in [2.05, 4.69) is 11.2 Å². The summed E-state index contributed by atoms with van der Waals surface area (Å²) in [5.74, 6) is 6.38. The maximum atomic E-state index is 6.16. The van der Waals surface area contributed by atoms with Crippen molar-refractivity contribution >= 4 is 0 Å². The van der Waals surface area contributed by atoms with E-state index in [0.717, 1.165) is 43.2 Å². The Hall–Kier alpha value is -0.520. The van der Waals surface area contributed by atoms with Crippen molar-refractivity contribution in [1.82, 2.24) is 5.32 Å². The molecule has 4 saturated carbocycles. The van der Waals surface area contributed by atoms with Crippen molar-refractivity contribution in [3.8, 4) is 12.3 Å². The highest BCUT2D eigenvalue weighted by Crippen LogP contribution is 2.57. The summed E-state index contributed by atoms with van der Waals surface area (Å²) in [7, 11) is 0. The summed E-state index contributed by atoms with van der Waals surface area (Å²) in [6.45, 7) is 1.74. The molecule has 94 valence electrons. The van der Waals surface area contributed by atoms with Crippen LogP contribution < -0.4 is 11.1 Å². The van der Waals surface area contributed by atoms with E-state index in [4.69, 9.17) is 12.2 Å². The Morgan fingerprint density at radius 1 is 1.12 bits per heavy atom. The summed E-state index contributed by atoms with van der Waals surface area (Å²) in [4.78, 5) is 0. The van der Waals surface area contributed by atoms with Crippen LogP contribution in [0.4, 0.5) is 0 Å². The molecule has 0 unspecified atom stereocenters. The van der Waals surface area contributed by atoms with Crippen LogP contribution in [0.5, 0.6) is 0 Å². The highest BCUT2D eigenvalue weighted by Gasteiger charge is 2.56. The summed E-state index contributed by atoms with van der Waals surface area (Å²) in [6, 6.07) is 0. The average Bonchev–Trinajstić information content (AvgIpc) is 2.32. The minimum Gasteiger partial charge on any atom is -0.329 e. The van der Waals surface area contributed by atoms with Gasteiger partial charge in [0.1, 0.15) is 0 Å². The van der Waals surface area contributed by atoms with Crippen LogP contribution in [0.3, 0.4) is 0 Å². The number of terminal acetylenes is 1. The zero-order valence-corrected chi connectivity index (χ0v) is 10.6. The quantitative estimate of drug-likeness (QED) is 0.572. The van der Waals surface area contributed by atoms with Gasteiger partial charge in [-0.3, -0.25) is 0 Å². The lowest BCUT2D eigenvalue weighted by Gasteiger charge is -2.61. The first-order chi connectivity index (χ1) is 8.28. The van der Waals surface area contributed by atoms with Crippen LogP contribution in [-0.4, -0.2) is 18.6 Å². The fourth-order valence-corrected chi connectivity index (χ4v) is 5.09. The fourth-order valence-electron chi connectivity index (χ4n) is 5.09. The van der Waals surface area contributed by atoms with Crippen LogP contribution in [0.15, 0.2) is 0 Å². The molecule has 0 aliphatic heterocycles. The Bertz CT molecular complexity index is 300. The van der Waals surface area contributed by atoms with E-state index >= 15 is 0 Å². The third kappa shape index (κ3) is 1.72. The molecule has 4 bridgehead atoms. The predicted octanol–water partition coefficient (Wildman–Crippen LogP) is 1.75. The Morgan fingerprint density at radius 2 is 1.71 bits per heavy atom. The van der Waals surface area contributed by atoms with Crippen molar-refractivity contribution in [1.29, 1.82) is 0 Å². The monoisotopic (exact) mass is 232 g/mol. The van der Waals surface area contributed by atoms with Gasteiger partial charge in [0.05, 0.1) is 0 Å². The van der Waals surface area contributed by atoms with Crippen molar-refractivity contribution < 1.29 is 0 Å². The largest absolute Gasteiger partial charge is 0.329 e. The summed E-state index contributed by atoms with van der Waals surface area (Å²) in [5.41, 5.74) is 6.38. The molecule has 0 radical (unpaired) electrons. The molecule has 0 aromatic heterocycles. The average molecular weight is 232 g/mol. The van der Waals surface area contributed by atoms with Gasteiger partial charge in [-0.15, -0.1) is 12.3 Å². The van der Waals surface area contributed by atoms with Gasteiger partial charge in [0.15, 0.2) is 0 Å². The van der Waals surface area contributed by atoms with Gasteiger partial charge in [0.25, 0.3) is 0 Å². The van der Waals surface area contributed by atoms with E-state index in [0.29, 0.717) is 0 Å². The number of hydrogen-bond donors (Lipinski definition) is 2. The van der Waals surface area contributed by atoms with Crippen molar-refractivity contribution in [2.75, 3.05) is 13.1 Å². The Kier molecular flexibility index (Phi) is 2.92. The van der Waals surface area contributed by atoms with Gasteiger partial charge in [-0.2, -0.15) is 0 Å². The topological polar surface area (TPSA) is 38.0 Å². The highest BCUT2D eigenvalue weighted by atomic mass is 15.0. The smallest absolute Gasteiger partial charge is 0.0361 e. The Labute approximate surface area is 105 Å². The SMILES string of the molecule is C#CCCNC1(CN)C2CC3CC(C2)CC1C3. The van der Waals surface area contributed by atoms with E-state index in [1.165, 1.54) is 32.1 Å². The molecule has 4 aliphatic carbocycles. The van der Waals surface area contributed by atoms with E-state index in [9.17, 15) is 0 Å². The second kappa shape index (κ2) is 4.30. The van der Waals surface area contributed by atoms with E-state index in [1.54, 1.807) is 0 Å². The lowest BCUT2D eigenvalue weighted by atomic mass is 9.48. The van der Waals surface area contributed by atoms with Crippen LogP contribution in [0.25, 0.3) is 0 Å². The summed E-state index contributed by atoms with van der Waals surface area (Å²) >= 11 is 0. The molecule has 4 rings (SSSR count). The molecular formula is C15H24N2. The second-order valence-electron chi connectivity index (χ2n) is 6.43. The van der Waals surface area contributed by atoms with Crippen LogP contribution in [0.2, 0.25) is 0 Å². The molecule has 0 amide bonds. The minimum atomic E-state index is 0.226. The maximum absolute atomic E-state index is 6.16. The van der Waals surface area contributed by atoms with Gasteiger partial charge in [0.2, 0.25) is 0 Å². The number of nitrogens with one attached hydrogen (secondary N) is 1. The summed E-state index contributed by atoms with van der Waals surface area (Å²) in [6.07, 6.45) is 13.3. The Balaban J connectivity index is 1.77. The Morgan fingerprint density at radius 3 is 2.18 bits per heavy atom. The van der Waals surface area contributed by atoms with Crippen LogP contribution in [0, 0.1) is 36.0 Å². The van der Waals surface area contributed by atoms with E-state index in [1.807, 2.05) is 0 Å². The van der Waals surface area contributed by atoms with Gasteiger partial charge < -0.3 is 11.1 Å². The van der Waals surface area contributed by atoms with Gasteiger partial charge >= 0.3 is 0 Å². The number of nitrogens with two attached hydrogens (primary N) is 1. The predicted molar refractivity (Wildman–Crippen MR) is 70.3 cm³/mol. The number of hydrogen-bond acceptors (Lipinski definition) is 2. The van der Waals surface area contributed by atoms with Crippen molar-refractivity contribution in [3.63, 3.8) is 0 Å². The lowest BCUT2D eigenvalue weighted by molar-refractivity contribution is -0.0687.